The van der Waals surface area contributed by atoms with Gasteiger partial charge >= 0.3 is 16.1 Å². The van der Waals surface area contributed by atoms with E-state index in [0.29, 0.717) is 50.6 Å². The van der Waals surface area contributed by atoms with Crippen molar-refractivity contribution >= 4 is 38.8 Å². The van der Waals surface area contributed by atoms with Crippen LogP contribution < -0.4 is 14.4 Å². The van der Waals surface area contributed by atoms with Gasteiger partial charge in [-0.25, -0.2) is 9.78 Å². The molecule has 2 aromatic carbocycles. The Bertz CT molecular complexity index is 1260. The molecule has 0 radical (unpaired) electrons. The van der Waals surface area contributed by atoms with Crippen molar-refractivity contribution in [1.82, 2.24) is 14.9 Å². The number of nitrogens with one attached hydrogen (secondary N) is 2. The smallest absolute Gasteiger partial charge is 0.339 e. The van der Waals surface area contributed by atoms with E-state index in [9.17, 15) is 13.2 Å². The highest BCUT2D eigenvalue weighted by Crippen LogP contribution is 2.25. The summed E-state index contributed by atoms with van der Waals surface area (Å²) in [6, 6.07) is 11.0. The van der Waals surface area contributed by atoms with Crippen molar-refractivity contribution in [3.63, 3.8) is 0 Å². The van der Waals surface area contributed by atoms with Crippen LogP contribution in [0.15, 0.2) is 47.4 Å². The van der Waals surface area contributed by atoms with Gasteiger partial charge in [-0.1, -0.05) is 0 Å². The monoisotopic (exact) mass is 487 g/mol. The zero-order chi connectivity index (χ0) is 23.5. The second kappa shape index (κ2) is 9.49. The summed E-state index contributed by atoms with van der Waals surface area (Å²) < 4.78 is 41.5. The Kier molecular flexibility index (Phi) is 6.26. The van der Waals surface area contributed by atoms with E-state index in [1.807, 2.05) is 0 Å². The van der Waals surface area contributed by atoms with Gasteiger partial charge in [-0.15, -0.1) is 0 Å². The van der Waals surface area contributed by atoms with E-state index < -0.39 is 10.1 Å². The van der Waals surface area contributed by atoms with Crippen LogP contribution in [0.3, 0.4) is 0 Å². The lowest BCUT2D eigenvalue weighted by atomic mass is 10.2. The predicted octanol–water partition coefficient (Wildman–Crippen LogP) is 2.03. The van der Waals surface area contributed by atoms with Gasteiger partial charge in [-0.2, -0.15) is 8.42 Å². The minimum Gasteiger partial charge on any atom is -0.379 e. The standard InChI is InChI=1S/C22H25N5O6S/c28-22(27-9-13-32-14-10-27)25-21-23-19-6-3-17(15-20(19)24-21)33-34(29,30)18-4-1-16(2-5-18)26-7-11-31-12-8-26/h1-6,15H,7-14H2,(H2,23,24,25,28). The molecular weight excluding hydrogens is 462 g/mol. The quantitative estimate of drug-likeness (QED) is 0.524. The van der Waals surface area contributed by atoms with E-state index in [2.05, 4.69) is 20.2 Å². The summed E-state index contributed by atoms with van der Waals surface area (Å²) >= 11 is 0. The Morgan fingerprint density at radius 3 is 2.35 bits per heavy atom. The van der Waals surface area contributed by atoms with Gasteiger partial charge < -0.3 is 28.4 Å². The van der Waals surface area contributed by atoms with Crippen molar-refractivity contribution < 1.29 is 26.9 Å². The first-order chi connectivity index (χ1) is 16.5. The number of fused-ring (bicyclic) bond motifs is 1. The SMILES string of the molecule is O=C(Nc1nc2ccc(OS(=O)(=O)c3ccc(N4CCOCC4)cc3)cc2[nH]1)N1CCOCC1. The van der Waals surface area contributed by atoms with Crippen LogP contribution in [0.5, 0.6) is 5.75 Å². The van der Waals surface area contributed by atoms with Gasteiger partial charge in [0.05, 0.1) is 37.5 Å². The predicted molar refractivity (Wildman–Crippen MR) is 125 cm³/mol. The van der Waals surface area contributed by atoms with Crippen LogP contribution in [0, 0.1) is 0 Å². The highest BCUT2D eigenvalue weighted by atomic mass is 32.2. The van der Waals surface area contributed by atoms with Crippen molar-refractivity contribution in [1.29, 1.82) is 0 Å². The second-order valence-electron chi connectivity index (χ2n) is 7.92. The fourth-order valence-corrected chi connectivity index (χ4v) is 4.79. The van der Waals surface area contributed by atoms with Crippen LogP contribution in [-0.4, -0.2) is 81.9 Å². The van der Waals surface area contributed by atoms with E-state index in [1.165, 1.54) is 24.3 Å². The average Bonchev–Trinajstić information content (AvgIpc) is 3.26. The second-order valence-corrected chi connectivity index (χ2v) is 9.47. The number of rotatable bonds is 5. The summed E-state index contributed by atoms with van der Waals surface area (Å²) in [7, 11) is -4.02. The lowest BCUT2D eigenvalue weighted by molar-refractivity contribution is 0.0564. The maximum absolute atomic E-state index is 12.8. The molecule has 0 spiro atoms. The van der Waals surface area contributed by atoms with Crippen LogP contribution in [0.2, 0.25) is 0 Å². The summed E-state index contributed by atoms with van der Waals surface area (Å²) in [4.78, 5) is 23.5. The topological polar surface area (TPSA) is 126 Å². The van der Waals surface area contributed by atoms with Gasteiger partial charge in [0, 0.05) is 37.9 Å². The fourth-order valence-electron chi connectivity index (χ4n) is 3.87. The molecule has 0 atom stereocenters. The first-order valence-electron chi connectivity index (χ1n) is 11.0. The molecule has 11 nitrogen and oxygen atoms in total. The van der Waals surface area contributed by atoms with Crippen LogP contribution in [0.4, 0.5) is 16.4 Å². The third kappa shape index (κ3) is 4.93. The molecule has 1 aromatic heterocycles. The molecule has 34 heavy (non-hydrogen) atoms. The number of amides is 2. The molecule has 2 aliphatic heterocycles. The molecular formula is C22H25N5O6S. The van der Waals surface area contributed by atoms with Gasteiger partial charge in [-0.3, -0.25) is 5.32 Å². The molecule has 3 aromatic rings. The van der Waals surface area contributed by atoms with Gasteiger partial charge in [-0.05, 0) is 36.4 Å². The molecule has 0 saturated carbocycles. The molecule has 2 fully saturated rings. The number of aromatic amines is 1. The average molecular weight is 488 g/mol. The summed E-state index contributed by atoms with van der Waals surface area (Å²) in [5, 5.41) is 2.72. The molecule has 2 N–H and O–H groups in total. The number of ether oxygens (including phenoxy) is 2. The van der Waals surface area contributed by atoms with E-state index >= 15 is 0 Å². The summed E-state index contributed by atoms with van der Waals surface area (Å²) in [6.45, 7) is 4.85. The Morgan fingerprint density at radius 2 is 1.65 bits per heavy atom. The molecule has 2 amide bonds. The van der Waals surface area contributed by atoms with Crippen molar-refractivity contribution in [2.24, 2.45) is 0 Å². The van der Waals surface area contributed by atoms with Gasteiger partial charge in [0.1, 0.15) is 10.6 Å². The Hall–Kier alpha value is -3.35. The van der Waals surface area contributed by atoms with Crippen LogP contribution in [-0.2, 0) is 19.6 Å². The summed E-state index contributed by atoms with van der Waals surface area (Å²) in [5.41, 5.74) is 2.04. The van der Waals surface area contributed by atoms with Crippen molar-refractivity contribution in [2.45, 2.75) is 4.90 Å². The normalized spacial score (nSPS) is 17.1. The zero-order valence-electron chi connectivity index (χ0n) is 18.4. The highest BCUT2D eigenvalue weighted by Gasteiger charge is 2.20. The summed E-state index contributed by atoms with van der Waals surface area (Å²) in [5.74, 6) is 0.407. The molecule has 12 heteroatoms. The fraction of sp³-hybridized carbons (Fsp3) is 0.364. The largest absolute Gasteiger partial charge is 0.379 e. The van der Waals surface area contributed by atoms with Crippen LogP contribution in [0.25, 0.3) is 11.0 Å². The number of imidazole rings is 1. The highest BCUT2D eigenvalue weighted by molar-refractivity contribution is 7.87. The number of urea groups is 1. The van der Waals surface area contributed by atoms with Gasteiger partial charge in [0.2, 0.25) is 5.95 Å². The molecule has 2 saturated heterocycles. The minimum absolute atomic E-state index is 0.0627. The first kappa shape index (κ1) is 22.4. The first-order valence-corrected chi connectivity index (χ1v) is 12.4. The van der Waals surface area contributed by atoms with Gasteiger partial charge in [0.15, 0.2) is 0 Å². The molecule has 3 heterocycles. The molecule has 0 bridgehead atoms. The van der Waals surface area contributed by atoms with E-state index in [0.717, 1.165) is 18.8 Å². The molecule has 2 aliphatic rings. The maximum Gasteiger partial charge on any atom is 0.339 e. The van der Waals surface area contributed by atoms with E-state index in [4.69, 9.17) is 13.7 Å². The number of hydrogen-bond donors (Lipinski definition) is 2. The lowest BCUT2D eigenvalue weighted by Gasteiger charge is -2.28. The van der Waals surface area contributed by atoms with Crippen molar-refractivity contribution in [2.75, 3.05) is 62.8 Å². The Balaban J connectivity index is 1.27. The van der Waals surface area contributed by atoms with E-state index in [1.54, 1.807) is 23.1 Å². The molecule has 180 valence electrons. The van der Waals surface area contributed by atoms with Crippen LogP contribution >= 0.6 is 0 Å². The number of hydrogen-bond acceptors (Lipinski definition) is 8. The Labute approximate surface area is 196 Å². The van der Waals surface area contributed by atoms with Crippen molar-refractivity contribution in [3.05, 3.63) is 42.5 Å². The van der Waals surface area contributed by atoms with Crippen LogP contribution in [0.1, 0.15) is 0 Å². The Morgan fingerprint density at radius 1 is 0.971 bits per heavy atom. The lowest BCUT2D eigenvalue weighted by Crippen LogP contribution is -2.43. The maximum atomic E-state index is 12.8. The third-order valence-electron chi connectivity index (χ3n) is 5.68. The molecule has 0 aliphatic carbocycles. The van der Waals surface area contributed by atoms with E-state index in [-0.39, 0.29) is 22.6 Å². The summed E-state index contributed by atoms with van der Waals surface area (Å²) in [6.07, 6.45) is 0. The number of carbonyl (C=O) groups excluding carboxylic acids is 1. The number of morpholine rings is 2. The number of anilines is 2. The third-order valence-corrected chi connectivity index (χ3v) is 6.95. The zero-order valence-corrected chi connectivity index (χ0v) is 19.2. The number of aromatic nitrogens is 2. The van der Waals surface area contributed by atoms with Gasteiger partial charge in [0.25, 0.3) is 0 Å². The number of benzene rings is 2. The number of carbonyl (C=O) groups is 1. The van der Waals surface area contributed by atoms with Crippen molar-refractivity contribution in [3.8, 4) is 5.75 Å². The minimum atomic E-state index is -4.02. The number of H-pyrrole nitrogens is 1. The molecule has 0 unspecified atom stereocenters. The number of nitrogens with zero attached hydrogens (tertiary/aromatic N) is 3. The molecule has 5 rings (SSSR count).